The van der Waals surface area contributed by atoms with E-state index < -0.39 is 5.97 Å². The lowest BCUT2D eigenvalue weighted by Gasteiger charge is -2.31. The minimum Gasteiger partial charge on any atom is -0.480 e. The van der Waals surface area contributed by atoms with Gasteiger partial charge in [0.15, 0.2) is 12.2 Å². The smallest absolute Gasteiger partial charge is 0.317 e. The second-order valence-electron chi connectivity index (χ2n) is 7.00. The molecule has 1 aliphatic rings. The zero-order chi connectivity index (χ0) is 19.6. The van der Waals surface area contributed by atoms with Crippen LogP contribution in [-0.2, 0) is 9.53 Å². The minimum absolute atomic E-state index is 0.00138. The quantitative estimate of drug-likeness (QED) is 0.777. The summed E-state index contributed by atoms with van der Waals surface area (Å²) in [6, 6.07) is 3.47. The number of rotatable bonds is 6. The summed E-state index contributed by atoms with van der Waals surface area (Å²) in [5.41, 5.74) is 1.81. The maximum Gasteiger partial charge on any atom is 0.317 e. The Bertz CT molecular complexity index is 903. The van der Waals surface area contributed by atoms with Crippen LogP contribution in [0.25, 0.3) is 11.0 Å². The maximum absolute atomic E-state index is 12.9. The van der Waals surface area contributed by atoms with Crippen molar-refractivity contribution in [1.29, 1.82) is 0 Å². The first-order valence-electron chi connectivity index (χ1n) is 9.05. The van der Waals surface area contributed by atoms with Crippen molar-refractivity contribution in [3.8, 4) is 5.75 Å². The Morgan fingerprint density at radius 2 is 2.11 bits per heavy atom. The molecule has 1 fully saturated rings. The number of hydrogen-bond acceptors (Lipinski definition) is 6. The van der Waals surface area contributed by atoms with Crippen LogP contribution in [0.4, 0.5) is 0 Å². The molecular weight excluding hydrogens is 350 g/mol. The number of carboxylic acids is 1. The van der Waals surface area contributed by atoms with E-state index in [0.29, 0.717) is 34.6 Å². The number of likely N-dealkylation sites (tertiary alicyclic amines) is 1. The van der Waals surface area contributed by atoms with Gasteiger partial charge in [-0.15, -0.1) is 0 Å². The number of piperidine rings is 1. The van der Waals surface area contributed by atoms with E-state index in [9.17, 15) is 9.59 Å². The lowest BCUT2D eigenvalue weighted by Crippen LogP contribution is -2.38. The molecule has 7 heteroatoms. The molecule has 146 valence electrons. The SMILES string of the molecule is COCOc1ccc2c(=O)c(C)c(C3CCCN(CC(=O)O)C3)oc2c1C. The topological polar surface area (TPSA) is 89.2 Å². The van der Waals surface area contributed by atoms with Crippen LogP contribution in [0.3, 0.4) is 0 Å². The molecule has 0 bridgehead atoms. The van der Waals surface area contributed by atoms with Crippen molar-refractivity contribution in [1.82, 2.24) is 4.90 Å². The van der Waals surface area contributed by atoms with Crippen LogP contribution in [0, 0.1) is 13.8 Å². The second-order valence-corrected chi connectivity index (χ2v) is 7.00. The lowest BCUT2D eigenvalue weighted by atomic mass is 9.92. The first-order chi connectivity index (χ1) is 12.9. The maximum atomic E-state index is 12.9. The van der Waals surface area contributed by atoms with E-state index in [-0.39, 0.29) is 24.7 Å². The van der Waals surface area contributed by atoms with Gasteiger partial charge in [-0.2, -0.15) is 0 Å². The first-order valence-corrected chi connectivity index (χ1v) is 9.05. The molecule has 0 aliphatic carbocycles. The normalized spacial score (nSPS) is 18.0. The summed E-state index contributed by atoms with van der Waals surface area (Å²) in [5.74, 6) is 0.411. The third-order valence-corrected chi connectivity index (χ3v) is 5.09. The number of aryl methyl sites for hydroxylation is 1. The van der Waals surface area contributed by atoms with Crippen molar-refractivity contribution in [2.75, 3.05) is 33.5 Å². The van der Waals surface area contributed by atoms with Crippen LogP contribution in [0.2, 0.25) is 0 Å². The van der Waals surface area contributed by atoms with E-state index in [1.807, 2.05) is 11.8 Å². The zero-order valence-electron chi connectivity index (χ0n) is 15.9. The van der Waals surface area contributed by atoms with Gasteiger partial charge in [-0.3, -0.25) is 14.5 Å². The van der Waals surface area contributed by atoms with Crippen molar-refractivity contribution >= 4 is 16.9 Å². The predicted molar refractivity (Wildman–Crippen MR) is 101 cm³/mol. The highest BCUT2D eigenvalue weighted by Crippen LogP contribution is 2.33. The van der Waals surface area contributed by atoms with Gasteiger partial charge in [0, 0.05) is 30.7 Å². The highest BCUT2D eigenvalue weighted by Gasteiger charge is 2.27. The molecule has 7 nitrogen and oxygen atoms in total. The summed E-state index contributed by atoms with van der Waals surface area (Å²) in [5, 5.41) is 9.59. The Morgan fingerprint density at radius 1 is 1.33 bits per heavy atom. The van der Waals surface area contributed by atoms with E-state index in [1.165, 1.54) is 0 Å². The fraction of sp³-hybridized carbons (Fsp3) is 0.500. The molecule has 1 saturated heterocycles. The van der Waals surface area contributed by atoms with Crippen LogP contribution in [-0.4, -0.2) is 49.5 Å². The molecule has 1 aliphatic heterocycles. The van der Waals surface area contributed by atoms with E-state index in [2.05, 4.69) is 0 Å². The standard InChI is InChI=1S/C20H25NO6/c1-12-16(26-11-25-3)7-6-15-18(24)13(2)19(27-20(12)15)14-5-4-8-21(9-14)10-17(22)23/h6-7,14H,4-5,8-11H2,1-3H3,(H,22,23). The van der Waals surface area contributed by atoms with E-state index >= 15 is 0 Å². The Kier molecular flexibility index (Phi) is 5.82. The molecule has 1 atom stereocenters. The number of nitrogens with zero attached hydrogens (tertiary/aromatic N) is 1. The van der Waals surface area contributed by atoms with Gasteiger partial charge in [-0.25, -0.2) is 0 Å². The molecule has 0 spiro atoms. The Balaban J connectivity index is 2.02. The van der Waals surface area contributed by atoms with Gasteiger partial charge in [-0.1, -0.05) is 0 Å². The van der Waals surface area contributed by atoms with Gasteiger partial charge >= 0.3 is 5.97 Å². The minimum atomic E-state index is -0.844. The molecule has 2 aromatic rings. The van der Waals surface area contributed by atoms with Gasteiger partial charge in [0.25, 0.3) is 0 Å². The Morgan fingerprint density at radius 3 is 2.81 bits per heavy atom. The van der Waals surface area contributed by atoms with Crippen LogP contribution in [0.1, 0.15) is 35.6 Å². The summed E-state index contributed by atoms with van der Waals surface area (Å²) in [4.78, 5) is 25.8. The monoisotopic (exact) mass is 375 g/mol. The third kappa shape index (κ3) is 3.99. The summed E-state index contributed by atoms with van der Waals surface area (Å²) in [6.45, 7) is 5.06. The van der Waals surface area contributed by atoms with Crippen LogP contribution in [0.5, 0.6) is 5.75 Å². The summed E-state index contributed by atoms with van der Waals surface area (Å²) in [6.07, 6.45) is 1.74. The van der Waals surface area contributed by atoms with Crippen molar-refractivity contribution in [2.45, 2.75) is 32.6 Å². The Hall–Kier alpha value is -2.38. The molecule has 1 aromatic heterocycles. The Labute approximate surface area is 157 Å². The average molecular weight is 375 g/mol. The number of aliphatic carboxylic acids is 1. The summed E-state index contributed by atoms with van der Waals surface area (Å²) in [7, 11) is 1.55. The van der Waals surface area contributed by atoms with E-state index in [0.717, 1.165) is 24.9 Å². The first kappa shape index (κ1) is 19.4. The van der Waals surface area contributed by atoms with E-state index in [1.54, 1.807) is 26.2 Å². The molecule has 0 saturated carbocycles. The fourth-order valence-corrected chi connectivity index (χ4v) is 3.76. The number of carbonyl (C=O) groups is 1. The van der Waals surface area contributed by atoms with Gasteiger partial charge < -0.3 is 19.0 Å². The molecule has 0 amide bonds. The number of benzene rings is 1. The highest BCUT2D eigenvalue weighted by atomic mass is 16.7. The molecule has 1 unspecified atom stereocenters. The second kappa shape index (κ2) is 8.10. The van der Waals surface area contributed by atoms with Gasteiger partial charge in [0.2, 0.25) is 0 Å². The number of carboxylic acid groups (broad SMARTS) is 1. The highest BCUT2D eigenvalue weighted by molar-refractivity contribution is 5.82. The van der Waals surface area contributed by atoms with Crippen molar-refractivity contribution in [3.63, 3.8) is 0 Å². The van der Waals surface area contributed by atoms with Crippen molar-refractivity contribution in [2.24, 2.45) is 0 Å². The molecule has 1 N–H and O–H groups in total. The fourth-order valence-electron chi connectivity index (χ4n) is 3.76. The summed E-state index contributed by atoms with van der Waals surface area (Å²) < 4.78 is 16.7. The molecule has 3 rings (SSSR count). The van der Waals surface area contributed by atoms with Gasteiger partial charge in [-0.05, 0) is 45.4 Å². The number of hydrogen-bond donors (Lipinski definition) is 1. The number of fused-ring (bicyclic) bond motifs is 1. The zero-order valence-corrected chi connectivity index (χ0v) is 15.9. The predicted octanol–water partition coefficient (Wildman–Crippen LogP) is 2.66. The van der Waals surface area contributed by atoms with E-state index in [4.69, 9.17) is 19.0 Å². The molecular formula is C20H25NO6. The van der Waals surface area contributed by atoms with Crippen molar-refractivity contribution in [3.05, 3.63) is 39.2 Å². The van der Waals surface area contributed by atoms with Gasteiger partial charge in [0.1, 0.15) is 17.1 Å². The summed E-state index contributed by atoms with van der Waals surface area (Å²) >= 11 is 0. The largest absolute Gasteiger partial charge is 0.480 e. The molecule has 27 heavy (non-hydrogen) atoms. The van der Waals surface area contributed by atoms with Crippen LogP contribution >= 0.6 is 0 Å². The third-order valence-electron chi connectivity index (χ3n) is 5.09. The van der Waals surface area contributed by atoms with Gasteiger partial charge in [0.05, 0.1) is 11.9 Å². The lowest BCUT2D eigenvalue weighted by molar-refractivity contribution is -0.138. The molecule has 2 heterocycles. The number of ether oxygens (including phenoxy) is 2. The molecule has 0 radical (unpaired) electrons. The van der Waals surface area contributed by atoms with Crippen molar-refractivity contribution < 1.29 is 23.8 Å². The average Bonchev–Trinajstić information content (AvgIpc) is 2.64. The number of methoxy groups -OCH3 is 1. The van der Waals surface area contributed by atoms with Crippen LogP contribution < -0.4 is 10.2 Å². The molecule has 1 aromatic carbocycles. The van der Waals surface area contributed by atoms with Crippen LogP contribution in [0.15, 0.2) is 21.3 Å².